The number of aryl methyl sites for hydroxylation is 1. The lowest BCUT2D eigenvalue weighted by atomic mass is 9.84. The van der Waals surface area contributed by atoms with E-state index in [0.717, 1.165) is 32.1 Å². The molecule has 1 unspecified atom stereocenters. The first-order valence-corrected chi connectivity index (χ1v) is 16.5. The van der Waals surface area contributed by atoms with Gasteiger partial charge in [-0.3, -0.25) is 19.4 Å². The molecule has 230 valence electrons. The molecule has 1 aliphatic heterocycles. The van der Waals surface area contributed by atoms with E-state index in [0.29, 0.717) is 42.3 Å². The zero-order valence-corrected chi connectivity index (χ0v) is 25.4. The van der Waals surface area contributed by atoms with Gasteiger partial charge in [0.1, 0.15) is 11.6 Å². The highest BCUT2D eigenvalue weighted by atomic mass is 32.2. The second-order valence-electron chi connectivity index (χ2n) is 11.7. The van der Waals surface area contributed by atoms with Gasteiger partial charge in [0, 0.05) is 24.0 Å². The van der Waals surface area contributed by atoms with Crippen molar-refractivity contribution in [1.82, 2.24) is 24.9 Å². The topological polar surface area (TPSA) is 152 Å². The molecular formula is C31H39N5O6S. The van der Waals surface area contributed by atoms with Gasteiger partial charge in [-0.05, 0) is 69.7 Å². The molecule has 4 heterocycles. The first-order valence-electron chi connectivity index (χ1n) is 15.1. The summed E-state index contributed by atoms with van der Waals surface area (Å²) >= 11 is 0. The first-order chi connectivity index (χ1) is 20.6. The van der Waals surface area contributed by atoms with Crippen LogP contribution in [-0.4, -0.2) is 65.0 Å². The number of ketones is 1. The number of carbonyl (C=O) groups excluding carboxylic acids is 3. The Hall–Kier alpha value is -3.64. The Morgan fingerprint density at radius 3 is 2.51 bits per heavy atom. The average molecular weight is 610 g/mol. The van der Waals surface area contributed by atoms with Crippen LogP contribution in [0.25, 0.3) is 11.1 Å². The minimum atomic E-state index is -4.02. The standard InChI is InChI=1S/C31H39N5O6S/c1-20-10-8-13-23(25(37)19-36(20)43(40,41)27-15-6-7-16-32-27)34-30(38)24(18-22-11-4-3-5-12-22)35-31(39)29-21(2)28-26(42-29)14-9-17-33-28/h6-7,9,14-17,20,22-24H,3-5,8,10-13,18-19H2,1-2H3,(H,34,38)(H,35,39)/t20?,23-,24-/m0/s1. The Morgan fingerprint density at radius 2 is 1.79 bits per heavy atom. The van der Waals surface area contributed by atoms with Crippen LogP contribution in [-0.2, 0) is 19.6 Å². The summed E-state index contributed by atoms with van der Waals surface area (Å²) in [5.41, 5.74) is 1.65. The number of nitrogens with one attached hydrogen (secondary N) is 2. The summed E-state index contributed by atoms with van der Waals surface area (Å²) in [6.45, 7) is 3.15. The van der Waals surface area contributed by atoms with Crippen LogP contribution in [0, 0.1) is 12.8 Å². The van der Waals surface area contributed by atoms with E-state index in [2.05, 4.69) is 20.6 Å². The van der Waals surface area contributed by atoms with Crippen molar-refractivity contribution < 1.29 is 27.2 Å². The summed E-state index contributed by atoms with van der Waals surface area (Å²) in [6, 6.07) is 5.89. The highest BCUT2D eigenvalue weighted by Gasteiger charge is 2.37. The van der Waals surface area contributed by atoms with Gasteiger partial charge in [0.15, 0.2) is 22.2 Å². The average Bonchev–Trinajstić information content (AvgIpc) is 3.35. The van der Waals surface area contributed by atoms with Crippen molar-refractivity contribution in [3.63, 3.8) is 0 Å². The molecule has 5 rings (SSSR count). The molecule has 1 saturated heterocycles. The molecule has 0 radical (unpaired) electrons. The van der Waals surface area contributed by atoms with Crippen LogP contribution in [0.4, 0.5) is 0 Å². The molecule has 2 N–H and O–H groups in total. The largest absolute Gasteiger partial charge is 0.449 e. The van der Waals surface area contributed by atoms with Gasteiger partial charge in [-0.15, -0.1) is 0 Å². The maximum Gasteiger partial charge on any atom is 0.288 e. The highest BCUT2D eigenvalue weighted by Crippen LogP contribution is 2.29. The number of aromatic nitrogens is 2. The molecule has 2 fully saturated rings. The van der Waals surface area contributed by atoms with Crippen LogP contribution in [0.1, 0.15) is 80.8 Å². The highest BCUT2D eigenvalue weighted by molar-refractivity contribution is 7.89. The molecule has 0 aromatic carbocycles. The minimum absolute atomic E-state index is 0.0986. The fourth-order valence-electron chi connectivity index (χ4n) is 6.19. The molecule has 3 aromatic rings. The van der Waals surface area contributed by atoms with Gasteiger partial charge in [0.2, 0.25) is 5.91 Å². The fourth-order valence-corrected chi connectivity index (χ4v) is 7.75. The maximum atomic E-state index is 13.8. The zero-order chi connectivity index (χ0) is 30.6. The van der Waals surface area contributed by atoms with Crippen molar-refractivity contribution in [3.05, 3.63) is 54.0 Å². The van der Waals surface area contributed by atoms with Crippen LogP contribution in [0.2, 0.25) is 0 Å². The Morgan fingerprint density at radius 1 is 1.02 bits per heavy atom. The Kier molecular flexibility index (Phi) is 9.55. The third kappa shape index (κ3) is 6.96. The van der Waals surface area contributed by atoms with Crippen molar-refractivity contribution in [2.75, 3.05) is 6.54 Å². The monoisotopic (exact) mass is 609 g/mol. The van der Waals surface area contributed by atoms with E-state index in [4.69, 9.17) is 4.42 Å². The maximum absolute atomic E-state index is 13.8. The van der Waals surface area contributed by atoms with Crippen molar-refractivity contribution >= 4 is 38.7 Å². The number of fused-ring (bicyclic) bond motifs is 1. The summed E-state index contributed by atoms with van der Waals surface area (Å²) in [5, 5.41) is 5.62. The molecule has 3 atom stereocenters. The zero-order valence-electron chi connectivity index (χ0n) is 24.6. The molecule has 0 spiro atoms. The van der Waals surface area contributed by atoms with Gasteiger partial charge in [-0.2, -0.15) is 4.31 Å². The number of hydrogen-bond donors (Lipinski definition) is 2. The lowest BCUT2D eigenvalue weighted by molar-refractivity contribution is -0.129. The van der Waals surface area contributed by atoms with Gasteiger partial charge in [0.25, 0.3) is 15.9 Å². The van der Waals surface area contributed by atoms with Crippen molar-refractivity contribution in [2.45, 2.75) is 94.8 Å². The number of carbonyl (C=O) groups is 3. The van der Waals surface area contributed by atoms with E-state index in [1.807, 2.05) is 0 Å². The van der Waals surface area contributed by atoms with Gasteiger partial charge >= 0.3 is 0 Å². The number of nitrogens with zero attached hydrogens (tertiary/aromatic N) is 3. The van der Waals surface area contributed by atoms with Crippen LogP contribution < -0.4 is 10.6 Å². The molecular weight excluding hydrogens is 570 g/mol. The Bertz CT molecular complexity index is 1570. The lowest BCUT2D eigenvalue weighted by Gasteiger charge is -2.32. The molecule has 0 bridgehead atoms. The summed E-state index contributed by atoms with van der Waals surface area (Å²) in [4.78, 5) is 49.0. The third-order valence-corrected chi connectivity index (χ3v) is 10.5. The summed E-state index contributed by atoms with van der Waals surface area (Å²) < 4.78 is 33.7. The Labute approximate surface area is 251 Å². The predicted octanol–water partition coefficient (Wildman–Crippen LogP) is 3.92. The molecule has 1 aliphatic carbocycles. The van der Waals surface area contributed by atoms with Crippen LogP contribution in [0.3, 0.4) is 0 Å². The van der Waals surface area contributed by atoms with E-state index in [1.54, 1.807) is 44.3 Å². The van der Waals surface area contributed by atoms with Crippen LogP contribution >= 0.6 is 0 Å². The number of Topliss-reactive ketones (excluding diaryl/α,β-unsaturated/α-hetero) is 1. The number of furan rings is 1. The van der Waals surface area contributed by atoms with E-state index >= 15 is 0 Å². The summed E-state index contributed by atoms with van der Waals surface area (Å²) in [7, 11) is -4.02. The SMILES string of the molecule is Cc1c(C(=O)N[C@@H](CC2CCCCC2)C(=O)N[C@H]2CCCC(C)N(S(=O)(=O)c3ccccn3)CC2=O)oc2cccnc12. The van der Waals surface area contributed by atoms with E-state index in [-0.39, 0.29) is 23.2 Å². The normalized spacial score (nSPS) is 21.6. The number of rotatable bonds is 8. The molecule has 12 heteroatoms. The van der Waals surface area contributed by atoms with E-state index < -0.39 is 45.7 Å². The number of amides is 2. The summed E-state index contributed by atoms with van der Waals surface area (Å²) in [5.74, 6) is -1.02. The third-order valence-electron chi connectivity index (χ3n) is 8.63. The molecule has 2 aliphatic rings. The van der Waals surface area contributed by atoms with E-state index in [1.165, 1.54) is 16.6 Å². The number of pyridine rings is 2. The minimum Gasteiger partial charge on any atom is -0.449 e. The van der Waals surface area contributed by atoms with Crippen LogP contribution in [0.15, 0.2) is 52.2 Å². The van der Waals surface area contributed by atoms with Gasteiger partial charge in [0.05, 0.1) is 12.6 Å². The molecule has 11 nitrogen and oxygen atoms in total. The van der Waals surface area contributed by atoms with Crippen molar-refractivity contribution in [3.8, 4) is 0 Å². The number of sulfonamides is 1. The molecule has 3 aromatic heterocycles. The molecule has 2 amide bonds. The molecule has 1 saturated carbocycles. The fraction of sp³-hybridized carbons (Fsp3) is 0.516. The van der Waals surface area contributed by atoms with Crippen LogP contribution in [0.5, 0.6) is 0 Å². The second-order valence-corrected chi connectivity index (χ2v) is 13.5. The van der Waals surface area contributed by atoms with E-state index in [9.17, 15) is 22.8 Å². The lowest BCUT2D eigenvalue weighted by Crippen LogP contribution is -2.55. The first kappa shape index (κ1) is 30.8. The molecule has 43 heavy (non-hydrogen) atoms. The smallest absolute Gasteiger partial charge is 0.288 e. The van der Waals surface area contributed by atoms with Gasteiger partial charge in [-0.1, -0.05) is 38.2 Å². The quantitative estimate of drug-likeness (QED) is 0.390. The second kappa shape index (κ2) is 13.3. The van der Waals surface area contributed by atoms with Gasteiger partial charge in [-0.25, -0.2) is 13.4 Å². The predicted molar refractivity (Wildman–Crippen MR) is 160 cm³/mol. The van der Waals surface area contributed by atoms with Crippen molar-refractivity contribution in [1.29, 1.82) is 0 Å². The number of hydrogen-bond acceptors (Lipinski definition) is 8. The Balaban J connectivity index is 1.33. The van der Waals surface area contributed by atoms with Crippen molar-refractivity contribution in [2.24, 2.45) is 5.92 Å². The summed E-state index contributed by atoms with van der Waals surface area (Å²) in [6.07, 6.45) is 10.1. The van der Waals surface area contributed by atoms with Gasteiger partial charge < -0.3 is 15.1 Å².